The van der Waals surface area contributed by atoms with Crippen molar-refractivity contribution in [1.82, 2.24) is 10.2 Å². The van der Waals surface area contributed by atoms with Crippen molar-refractivity contribution in [2.24, 2.45) is 0 Å². The zero-order valence-electron chi connectivity index (χ0n) is 9.53. The number of rotatable bonds is 2. The van der Waals surface area contributed by atoms with Crippen LogP contribution in [0.15, 0.2) is 0 Å². The largest absolute Gasteiger partial charge is 0.339 e. The fourth-order valence-corrected chi connectivity index (χ4v) is 3.87. The number of piperazine rings is 1. The van der Waals surface area contributed by atoms with Crippen molar-refractivity contribution in [2.75, 3.05) is 32.4 Å². The van der Waals surface area contributed by atoms with Gasteiger partial charge in [-0.2, -0.15) is 0 Å². The lowest BCUT2D eigenvalue weighted by molar-refractivity contribution is -0.136. The minimum Gasteiger partial charge on any atom is -0.339 e. The van der Waals surface area contributed by atoms with Crippen molar-refractivity contribution in [2.45, 2.75) is 24.0 Å². The molecule has 6 heteroatoms. The first-order chi connectivity index (χ1) is 7.47. The lowest BCUT2D eigenvalue weighted by atomic mass is 9.83. The van der Waals surface area contributed by atoms with E-state index in [1.807, 2.05) is 0 Å². The Labute approximate surface area is 96.1 Å². The van der Waals surface area contributed by atoms with E-state index in [4.69, 9.17) is 0 Å². The van der Waals surface area contributed by atoms with Gasteiger partial charge in [0.2, 0.25) is 5.91 Å². The first kappa shape index (κ1) is 11.9. The minimum absolute atomic E-state index is 0.178. The lowest BCUT2D eigenvalue weighted by Gasteiger charge is -2.42. The molecule has 1 amide bonds. The summed E-state index contributed by atoms with van der Waals surface area (Å²) in [7, 11) is -3.29. The molecule has 92 valence electrons. The van der Waals surface area contributed by atoms with Crippen LogP contribution in [0.25, 0.3) is 0 Å². The molecule has 0 unspecified atom stereocenters. The van der Waals surface area contributed by atoms with Crippen LogP contribution >= 0.6 is 0 Å². The van der Waals surface area contributed by atoms with Gasteiger partial charge in [0, 0.05) is 32.4 Å². The summed E-state index contributed by atoms with van der Waals surface area (Å²) in [4.78, 5) is 14.0. The number of sulfone groups is 1. The van der Waals surface area contributed by atoms with Crippen LogP contribution in [0.3, 0.4) is 0 Å². The second-order valence-corrected chi connectivity index (χ2v) is 6.99. The summed E-state index contributed by atoms with van der Waals surface area (Å²) in [6.45, 7) is 2.75. The highest BCUT2D eigenvalue weighted by atomic mass is 32.2. The van der Waals surface area contributed by atoms with Crippen LogP contribution < -0.4 is 5.32 Å². The molecule has 5 nitrogen and oxygen atoms in total. The lowest BCUT2D eigenvalue weighted by Crippen LogP contribution is -2.60. The number of amides is 1. The number of hydrogen-bond donors (Lipinski definition) is 1. The third-order valence-corrected chi connectivity index (χ3v) is 5.67. The Morgan fingerprint density at radius 3 is 2.19 bits per heavy atom. The predicted molar refractivity (Wildman–Crippen MR) is 60.9 cm³/mol. The molecule has 1 heterocycles. The predicted octanol–water partition coefficient (Wildman–Crippen LogP) is -0.614. The van der Waals surface area contributed by atoms with Gasteiger partial charge in [-0.1, -0.05) is 0 Å². The molecule has 2 fully saturated rings. The van der Waals surface area contributed by atoms with E-state index in [0.717, 1.165) is 19.5 Å². The van der Waals surface area contributed by atoms with E-state index in [1.54, 1.807) is 4.90 Å². The molecule has 1 saturated carbocycles. The summed E-state index contributed by atoms with van der Waals surface area (Å²) in [6.07, 6.45) is 3.01. The second kappa shape index (κ2) is 4.00. The van der Waals surface area contributed by atoms with Gasteiger partial charge in [-0.25, -0.2) is 8.42 Å². The van der Waals surface area contributed by atoms with Crippen molar-refractivity contribution in [3.8, 4) is 0 Å². The zero-order chi connectivity index (χ0) is 11.8. The summed E-state index contributed by atoms with van der Waals surface area (Å²) in [5.74, 6) is -0.178. The molecule has 0 aromatic carbocycles. The third-order valence-electron chi connectivity index (χ3n) is 3.66. The summed E-state index contributed by atoms with van der Waals surface area (Å²) < 4.78 is 22.4. The number of hydrogen-bond acceptors (Lipinski definition) is 4. The number of nitrogens with zero attached hydrogens (tertiary/aromatic N) is 1. The quantitative estimate of drug-likeness (QED) is 0.705. The number of carbonyl (C=O) groups is 1. The van der Waals surface area contributed by atoms with Crippen LogP contribution in [0, 0.1) is 0 Å². The van der Waals surface area contributed by atoms with Crippen LogP contribution in [0.4, 0.5) is 0 Å². The molecule has 0 spiro atoms. The molecule has 1 N–H and O–H groups in total. The van der Waals surface area contributed by atoms with E-state index in [1.165, 1.54) is 6.26 Å². The fraction of sp³-hybridized carbons (Fsp3) is 0.900. The van der Waals surface area contributed by atoms with Gasteiger partial charge >= 0.3 is 0 Å². The van der Waals surface area contributed by atoms with Gasteiger partial charge in [-0.15, -0.1) is 0 Å². The molecule has 0 aromatic heterocycles. The number of nitrogens with one attached hydrogen (secondary N) is 1. The second-order valence-electron chi connectivity index (χ2n) is 4.66. The van der Waals surface area contributed by atoms with Gasteiger partial charge in [-0.3, -0.25) is 4.79 Å². The van der Waals surface area contributed by atoms with Crippen molar-refractivity contribution >= 4 is 15.7 Å². The smallest absolute Gasteiger partial charge is 0.244 e. The van der Waals surface area contributed by atoms with Crippen molar-refractivity contribution < 1.29 is 13.2 Å². The Bertz CT molecular complexity index is 381. The van der Waals surface area contributed by atoms with Crippen LogP contribution in [-0.4, -0.2) is 56.4 Å². The van der Waals surface area contributed by atoms with Crippen LogP contribution in [0.2, 0.25) is 0 Å². The summed E-state index contributed by atoms with van der Waals surface area (Å²) >= 11 is 0. The third kappa shape index (κ3) is 1.73. The SMILES string of the molecule is CS(=O)(=O)C1(C(=O)N2CCNCC2)CCC1. The first-order valence-electron chi connectivity index (χ1n) is 5.67. The van der Waals surface area contributed by atoms with E-state index in [0.29, 0.717) is 25.9 Å². The minimum atomic E-state index is -3.29. The number of carbonyl (C=O) groups excluding carboxylic acids is 1. The Kier molecular flexibility index (Phi) is 2.96. The molecule has 0 radical (unpaired) electrons. The van der Waals surface area contributed by atoms with Crippen molar-refractivity contribution in [3.05, 3.63) is 0 Å². The van der Waals surface area contributed by atoms with Crippen LogP contribution in [0.5, 0.6) is 0 Å². The van der Waals surface area contributed by atoms with Gasteiger partial charge in [0.1, 0.15) is 0 Å². The Morgan fingerprint density at radius 2 is 1.81 bits per heavy atom. The maximum absolute atomic E-state index is 12.3. The monoisotopic (exact) mass is 246 g/mol. The summed E-state index contributed by atoms with van der Waals surface area (Å²) in [5, 5.41) is 3.15. The maximum Gasteiger partial charge on any atom is 0.244 e. The fourth-order valence-electron chi connectivity index (χ4n) is 2.40. The van der Waals surface area contributed by atoms with E-state index < -0.39 is 14.6 Å². The Morgan fingerprint density at radius 1 is 1.25 bits per heavy atom. The normalized spacial score (nSPS) is 24.9. The Hall–Kier alpha value is -0.620. The molecule has 2 rings (SSSR count). The van der Waals surface area contributed by atoms with Crippen molar-refractivity contribution in [1.29, 1.82) is 0 Å². The average molecular weight is 246 g/mol. The van der Waals surface area contributed by atoms with E-state index >= 15 is 0 Å². The Balaban J connectivity index is 2.18. The molecule has 1 saturated heterocycles. The van der Waals surface area contributed by atoms with Crippen LogP contribution in [0.1, 0.15) is 19.3 Å². The molecule has 1 aliphatic carbocycles. The molecule has 16 heavy (non-hydrogen) atoms. The van der Waals surface area contributed by atoms with Gasteiger partial charge < -0.3 is 10.2 Å². The molecule has 0 aromatic rings. The van der Waals surface area contributed by atoms with E-state index in [9.17, 15) is 13.2 Å². The van der Waals surface area contributed by atoms with Gasteiger partial charge in [0.25, 0.3) is 0 Å². The molecule has 1 aliphatic heterocycles. The molecule has 0 bridgehead atoms. The standard InChI is InChI=1S/C10H18N2O3S/c1-16(14,15)10(3-2-4-10)9(13)12-7-5-11-6-8-12/h11H,2-8H2,1H3. The molecular formula is C10H18N2O3S. The molecular weight excluding hydrogens is 228 g/mol. The molecule has 0 atom stereocenters. The highest BCUT2D eigenvalue weighted by Crippen LogP contribution is 2.40. The van der Waals surface area contributed by atoms with Gasteiger partial charge in [0.15, 0.2) is 14.6 Å². The first-order valence-corrected chi connectivity index (χ1v) is 7.56. The maximum atomic E-state index is 12.3. The highest BCUT2D eigenvalue weighted by molar-refractivity contribution is 7.93. The van der Waals surface area contributed by atoms with E-state index in [2.05, 4.69) is 5.32 Å². The summed E-state index contributed by atoms with van der Waals surface area (Å²) in [6, 6.07) is 0. The van der Waals surface area contributed by atoms with E-state index in [-0.39, 0.29) is 5.91 Å². The van der Waals surface area contributed by atoms with Crippen molar-refractivity contribution in [3.63, 3.8) is 0 Å². The topological polar surface area (TPSA) is 66.5 Å². The van der Waals surface area contributed by atoms with Crippen LogP contribution in [-0.2, 0) is 14.6 Å². The average Bonchev–Trinajstić information content (AvgIpc) is 2.15. The summed E-state index contributed by atoms with van der Waals surface area (Å²) in [5.41, 5.74) is 0. The van der Waals surface area contributed by atoms with Gasteiger partial charge in [-0.05, 0) is 19.3 Å². The van der Waals surface area contributed by atoms with Gasteiger partial charge in [0.05, 0.1) is 0 Å². The highest BCUT2D eigenvalue weighted by Gasteiger charge is 2.54. The molecule has 2 aliphatic rings. The zero-order valence-corrected chi connectivity index (χ0v) is 10.3.